The summed E-state index contributed by atoms with van der Waals surface area (Å²) >= 11 is 5.98. The fourth-order valence-electron chi connectivity index (χ4n) is 2.86. The van der Waals surface area contributed by atoms with Crippen molar-refractivity contribution in [1.82, 2.24) is 0 Å². The average Bonchev–Trinajstić information content (AvgIpc) is 2.79. The molecule has 0 atom stereocenters. The van der Waals surface area contributed by atoms with Gasteiger partial charge < -0.3 is 10.6 Å². The first-order valence-electron chi connectivity index (χ1n) is 9.76. The standard InChI is InChI=1S/C23H22ClN3O4S/c1-3-22(28)25-18-10-12-19(13-11-18)26-23(29)16-6-4-9-21(14-16)32(30,31)27(2)20-8-5-7-17(24)15-20/h4-15H,3H2,1-2H3,(H,25,28)(H,26,29). The van der Waals surface area contributed by atoms with Crippen LogP contribution in [0, 0.1) is 0 Å². The molecule has 0 aromatic heterocycles. The number of hydrogen-bond acceptors (Lipinski definition) is 4. The molecule has 0 aliphatic carbocycles. The Morgan fingerprint density at radius 1 is 0.906 bits per heavy atom. The van der Waals surface area contributed by atoms with E-state index in [2.05, 4.69) is 10.6 Å². The van der Waals surface area contributed by atoms with E-state index >= 15 is 0 Å². The summed E-state index contributed by atoms with van der Waals surface area (Å²) in [5.74, 6) is -0.569. The smallest absolute Gasteiger partial charge is 0.264 e. The number of nitrogens with zero attached hydrogens (tertiary/aromatic N) is 1. The normalized spacial score (nSPS) is 11.0. The summed E-state index contributed by atoms with van der Waals surface area (Å²) in [7, 11) is -2.48. The zero-order valence-electron chi connectivity index (χ0n) is 17.5. The molecule has 0 radical (unpaired) electrons. The number of rotatable bonds is 7. The molecule has 0 bridgehead atoms. The maximum Gasteiger partial charge on any atom is 0.264 e. The van der Waals surface area contributed by atoms with Gasteiger partial charge in [-0.2, -0.15) is 0 Å². The molecule has 3 aromatic carbocycles. The molecule has 2 amide bonds. The van der Waals surface area contributed by atoms with E-state index in [1.165, 1.54) is 31.3 Å². The zero-order chi connectivity index (χ0) is 23.3. The van der Waals surface area contributed by atoms with Crippen molar-refractivity contribution in [3.8, 4) is 0 Å². The summed E-state index contributed by atoms with van der Waals surface area (Å²) in [4.78, 5) is 24.1. The predicted octanol–water partition coefficient (Wildman–Crippen LogP) is 4.77. The van der Waals surface area contributed by atoms with E-state index in [4.69, 9.17) is 11.6 Å². The van der Waals surface area contributed by atoms with E-state index in [1.807, 2.05) is 0 Å². The fourth-order valence-corrected chi connectivity index (χ4v) is 4.27. The third-order valence-corrected chi connectivity index (χ3v) is 6.69. The third kappa shape index (κ3) is 5.46. The number of anilines is 3. The third-order valence-electron chi connectivity index (χ3n) is 4.67. The highest BCUT2D eigenvalue weighted by molar-refractivity contribution is 7.92. The van der Waals surface area contributed by atoms with Gasteiger partial charge in [0.05, 0.1) is 10.6 Å². The quantitative estimate of drug-likeness (QED) is 0.519. The Kier molecular flexibility index (Phi) is 7.17. The van der Waals surface area contributed by atoms with Crippen molar-refractivity contribution in [3.63, 3.8) is 0 Å². The molecule has 0 heterocycles. The van der Waals surface area contributed by atoms with E-state index in [1.54, 1.807) is 55.5 Å². The van der Waals surface area contributed by atoms with Gasteiger partial charge in [-0.15, -0.1) is 0 Å². The van der Waals surface area contributed by atoms with Gasteiger partial charge in [0.25, 0.3) is 15.9 Å². The van der Waals surface area contributed by atoms with Crippen molar-refractivity contribution in [2.45, 2.75) is 18.2 Å². The molecule has 7 nitrogen and oxygen atoms in total. The Labute approximate surface area is 192 Å². The Hall–Kier alpha value is -3.36. The Morgan fingerprint density at radius 3 is 2.16 bits per heavy atom. The SMILES string of the molecule is CCC(=O)Nc1ccc(NC(=O)c2cccc(S(=O)(=O)N(C)c3cccc(Cl)c3)c2)cc1. The van der Waals surface area contributed by atoms with Crippen LogP contribution < -0.4 is 14.9 Å². The van der Waals surface area contributed by atoms with Crippen LogP contribution in [0.5, 0.6) is 0 Å². The molecule has 166 valence electrons. The number of hydrogen-bond donors (Lipinski definition) is 2. The van der Waals surface area contributed by atoms with E-state index in [0.29, 0.717) is 28.5 Å². The zero-order valence-corrected chi connectivity index (χ0v) is 19.1. The molecule has 0 aliphatic rings. The van der Waals surface area contributed by atoms with Crippen LogP contribution in [-0.4, -0.2) is 27.3 Å². The first-order valence-corrected chi connectivity index (χ1v) is 11.6. The summed E-state index contributed by atoms with van der Waals surface area (Å²) in [6.07, 6.45) is 0.365. The lowest BCUT2D eigenvalue weighted by Crippen LogP contribution is -2.26. The average molecular weight is 472 g/mol. The minimum Gasteiger partial charge on any atom is -0.326 e. The van der Waals surface area contributed by atoms with Gasteiger partial charge in [0.15, 0.2) is 0 Å². The summed E-state index contributed by atoms with van der Waals surface area (Å²) in [6.45, 7) is 1.75. The Balaban J connectivity index is 1.77. The molecule has 0 aliphatic heterocycles. The van der Waals surface area contributed by atoms with Gasteiger partial charge >= 0.3 is 0 Å². The minimum absolute atomic E-state index is 0.0229. The number of amides is 2. The molecule has 0 spiro atoms. The van der Waals surface area contributed by atoms with Crippen molar-refractivity contribution in [1.29, 1.82) is 0 Å². The molecular weight excluding hydrogens is 450 g/mol. The Morgan fingerprint density at radius 2 is 1.53 bits per heavy atom. The largest absolute Gasteiger partial charge is 0.326 e. The molecule has 32 heavy (non-hydrogen) atoms. The van der Waals surface area contributed by atoms with Crippen LogP contribution in [0.1, 0.15) is 23.7 Å². The van der Waals surface area contributed by atoms with Crippen LogP contribution in [0.3, 0.4) is 0 Å². The first-order chi connectivity index (χ1) is 15.2. The fraction of sp³-hybridized carbons (Fsp3) is 0.130. The molecule has 3 rings (SSSR count). The van der Waals surface area contributed by atoms with Gasteiger partial charge in [0.2, 0.25) is 5.91 Å². The van der Waals surface area contributed by atoms with Gasteiger partial charge in [-0.3, -0.25) is 13.9 Å². The lowest BCUT2D eigenvalue weighted by atomic mass is 10.2. The van der Waals surface area contributed by atoms with Crippen molar-refractivity contribution in [2.24, 2.45) is 0 Å². The van der Waals surface area contributed by atoms with Crippen LogP contribution in [0.25, 0.3) is 0 Å². The second-order valence-corrected chi connectivity index (χ2v) is 9.32. The monoisotopic (exact) mass is 471 g/mol. The number of benzene rings is 3. The molecule has 0 fully saturated rings. The molecule has 2 N–H and O–H groups in total. The van der Waals surface area contributed by atoms with Crippen LogP contribution in [-0.2, 0) is 14.8 Å². The molecule has 9 heteroatoms. The lowest BCUT2D eigenvalue weighted by Gasteiger charge is -2.20. The van der Waals surface area contributed by atoms with E-state index < -0.39 is 15.9 Å². The molecule has 3 aromatic rings. The summed E-state index contributed by atoms with van der Waals surface area (Å²) in [5, 5.41) is 5.86. The van der Waals surface area contributed by atoms with Gasteiger partial charge in [0.1, 0.15) is 0 Å². The summed E-state index contributed by atoms with van der Waals surface area (Å²) in [6, 6.07) is 18.9. The highest BCUT2D eigenvalue weighted by Crippen LogP contribution is 2.25. The summed E-state index contributed by atoms with van der Waals surface area (Å²) < 4.78 is 27.2. The van der Waals surface area contributed by atoms with Gasteiger partial charge in [-0.05, 0) is 60.7 Å². The lowest BCUT2D eigenvalue weighted by molar-refractivity contribution is -0.115. The van der Waals surface area contributed by atoms with E-state index in [0.717, 1.165) is 4.31 Å². The van der Waals surface area contributed by atoms with Gasteiger partial charge in [-0.25, -0.2) is 8.42 Å². The van der Waals surface area contributed by atoms with Crippen LogP contribution in [0.2, 0.25) is 5.02 Å². The highest BCUT2D eigenvalue weighted by atomic mass is 35.5. The topological polar surface area (TPSA) is 95.6 Å². The van der Waals surface area contributed by atoms with Crippen LogP contribution >= 0.6 is 11.6 Å². The van der Waals surface area contributed by atoms with Crippen molar-refractivity contribution in [3.05, 3.63) is 83.4 Å². The first kappa shape index (κ1) is 23.3. The van der Waals surface area contributed by atoms with Crippen molar-refractivity contribution >= 4 is 50.5 Å². The number of nitrogens with one attached hydrogen (secondary N) is 2. The molecular formula is C23H22ClN3O4S. The van der Waals surface area contributed by atoms with E-state index in [9.17, 15) is 18.0 Å². The second kappa shape index (κ2) is 9.84. The van der Waals surface area contributed by atoms with Crippen molar-refractivity contribution < 1.29 is 18.0 Å². The molecule has 0 unspecified atom stereocenters. The highest BCUT2D eigenvalue weighted by Gasteiger charge is 2.22. The summed E-state index contributed by atoms with van der Waals surface area (Å²) in [5.41, 5.74) is 1.72. The van der Waals surface area contributed by atoms with Crippen LogP contribution in [0.4, 0.5) is 17.1 Å². The maximum absolute atomic E-state index is 13.0. The van der Waals surface area contributed by atoms with Gasteiger partial charge in [-0.1, -0.05) is 30.7 Å². The van der Waals surface area contributed by atoms with Crippen molar-refractivity contribution in [2.75, 3.05) is 22.0 Å². The Bertz CT molecular complexity index is 1240. The maximum atomic E-state index is 13.0. The number of halogens is 1. The second-order valence-electron chi connectivity index (χ2n) is 6.91. The minimum atomic E-state index is -3.90. The number of sulfonamides is 1. The van der Waals surface area contributed by atoms with Crippen LogP contribution in [0.15, 0.2) is 77.7 Å². The number of carbonyl (C=O) groups is 2. The molecule has 0 saturated carbocycles. The predicted molar refractivity (Wildman–Crippen MR) is 127 cm³/mol. The van der Waals surface area contributed by atoms with Gasteiger partial charge in [0, 0.05) is 35.4 Å². The number of carbonyl (C=O) groups excluding carboxylic acids is 2. The van der Waals surface area contributed by atoms with E-state index in [-0.39, 0.29) is 16.4 Å². The molecule has 0 saturated heterocycles.